The molecule has 2 rings (SSSR count). The molecule has 0 radical (unpaired) electrons. The lowest BCUT2D eigenvalue weighted by atomic mass is 9.86. The minimum Gasteiger partial charge on any atom is -0.345 e. The molecule has 0 heterocycles. The zero-order valence-corrected chi connectivity index (χ0v) is 12.2. The van der Waals surface area contributed by atoms with Gasteiger partial charge in [-0.3, -0.25) is 9.59 Å². The molecule has 2 N–H and O–H groups in total. The molecule has 1 aliphatic carbocycles. The molecule has 1 aromatic rings. The number of amides is 2. The fourth-order valence-corrected chi connectivity index (χ4v) is 2.63. The van der Waals surface area contributed by atoms with Crippen LogP contribution in [0.3, 0.4) is 0 Å². The van der Waals surface area contributed by atoms with E-state index in [0.29, 0.717) is 5.92 Å². The van der Waals surface area contributed by atoms with Crippen molar-refractivity contribution in [1.29, 1.82) is 0 Å². The van der Waals surface area contributed by atoms with Gasteiger partial charge in [0, 0.05) is 12.6 Å². The predicted molar refractivity (Wildman–Crippen MR) is 77.8 cm³/mol. The van der Waals surface area contributed by atoms with Crippen LogP contribution in [0.15, 0.2) is 24.3 Å². The number of carbonyl (C=O) groups excluding carboxylic acids is 2. The fraction of sp³-hybridized carbons (Fsp3) is 0.500. The van der Waals surface area contributed by atoms with Crippen molar-refractivity contribution in [2.24, 2.45) is 5.92 Å². The van der Waals surface area contributed by atoms with Crippen molar-refractivity contribution >= 4 is 11.8 Å². The highest BCUT2D eigenvalue weighted by Gasteiger charge is 2.25. The molecule has 5 heteroatoms. The first-order chi connectivity index (χ1) is 10.1. The van der Waals surface area contributed by atoms with Gasteiger partial charge in [-0.15, -0.1) is 0 Å². The zero-order chi connectivity index (χ0) is 15.2. The lowest BCUT2D eigenvalue weighted by molar-refractivity contribution is -0.140. The van der Waals surface area contributed by atoms with Crippen molar-refractivity contribution in [3.8, 4) is 0 Å². The average Bonchev–Trinajstić information content (AvgIpc) is 2.48. The Morgan fingerprint density at radius 1 is 1.14 bits per heavy atom. The van der Waals surface area contributed by atoms with Crippen molar-refractivity contribution in [2.45, 2.75) is 45.2 Å². The van der Waals surface area contributed by atoms with Gasteiger partial charge in [-0.25, -0.2) is 4.39 Å². The van der Waals surface area contributed by atoms with Gasteiger partial charge in [0.2, 0.25) is 0 Å². The molecule has 1 fully saturated rings. The summed E-state index contributed by atoms with van der Waals surface area (Å²) in [6.45, 7) is 2.31. The van der Waals surface area contributed by atoms with E-state index >= 15 is 0 Å². The molecule has 2 amide bonds. The first kappa shape index (κ1) is 15.5. The molecule has 0 bridgehead atoms. The third-order valence-electron chi connectivity index (χ3n) is 4.00. The number of benzene rings is 1. The molecule has 0 aromatic heterocycles. The molecule has 1 saturated carbocycles. The number of carbonyl (C=O) groups is 2. The van der Waals surface area contributed by atoms with Gasteiger partial charge in [-0.2, -0.15) is 0 Å². The van der Waals surface area contributed by atoms with Crippen molar-refractivity contribution in [3.63, 3.8) is 0 Å². The van der Waals surface area contributed by atoms with E-state index in [1.807, 2.05) is 0 Å². The van der Waals surface area contributed by atoms with Crippen LogP contribution in [0.25, 0.3) is 0 Å². The van der Waals surface area contributed by atoms with E-state index in [2.05, 4.69) is 17.6 Å². The van der Waals surface area contributed by atoms with Gasteiger partial charge < -0.3 is 10.6 Å². The van der Waals surface area contributed by atoms with Gasteiger partial charge >= 0.3 is 11.8 Å². The maximum Gasteiger partial charge on any atom is 0.309 e. The van der Waals surface area contributed by atoms with Crippen molar-refractivity contribution < 1.29 is 14.0 Å². The van der Waals surface area contributed by atoms with Crippen LogP contribution in [0.2, 0.25) is 0 Å². The van der Waals surface area contributed by atoms with Gasteiger partial charge in [-0.1, -0.05) is 31.9 Å². The highest BCUT2D eigenvalue weighted by atomic mass is 19.1. The highest BCUT2D eigenvalue weighted by molar-refractivity contribution is 6.35. The third-order valence-corrected chi connectivity index (χ3v) is 4.00. The number of hydrogen-bond donors (Lipinski definition) is 2. The number of rotatable bonds is 3. The van der Waals surface area contributed by atoms with Gasteiger partial charge in [0.15, 0.2) is 0 Å². The van der Waals surface area contributed by atoms with Gasteiger partial charge in [0.05, 0.1) is 0 Å². The van der Waals surface area contributed by atoms with E-state index in [-0.39, 0.29) is 18.4 Å². The summed E-state index contributed by atoms with van der Waals surface area (Å²) in [7, 11) is 0. The maximum absolute atomic E-state index is 12.8. The zero-order valence-electron chi connectivity index (χ0n) is 12.2. The van der Waals surface area contributed by atoms with Gasteiger partial charge in [0.25, 0.3) is 0 Å². The van der Waals surface area contributed by atoms with E-state index in [1.165, 1.54) is 18.6 Å². The van der Waals surface area contributed by atoms with Crippen LogP contribution in [0.4, 0.5) is 4.39 Å². The molecule has 114 valence electrons. The minimum atomic E-state index is -0.642. The SMILES string of the molecule is C[C@H]1CCCC[C@H]1NC(=O)C(=O)NCc1ccc(F)cc1. The second-order valence-corrected chi connectivity index (χ2v) is 5.65. The predicted octanol–water partition coefficient (Wildman–Crippen LogP) is 2.14. The van der Waals surface area contributed by atoms with E-state index in [4.69, 9.17) is 0 Å². The van der Waals surface area contributed by atoms with Crippen LogP contribution in [0.1, 0.15) is 38.2 Å². The van der Waals surface area contributed by atoms with Crippen LogP contribution >= 0.6 is 0 Å². The summed E-state index contributed by atoms with van der Waals surface area (Å²) in [5, 5.41) is 5.35. The second kappa shape index (κ2) is 7.20. The summed E-state index contributed by atoms with van der Waals surface area (Å²) in [4.78, 5) is 23.6. The quantitative estimate of drug-likeness (QED) is 0.839. The Morgan fingerprint density at radius 2 is 1.81 bits per heavy atom. The van der Waals surface area contributed by atoms with Crippen LogP contribution < -0.4 is 10.6 Å². The summed E-state index contributed by atoms with van der Waals surface area (Å²) >= 11 is 0. The van der Waals surface area contributed by atoms with Gasteiger partial charge in [-0.05, 0) is 36.5 Å². The Bertz CT molecular complexity index is 502. The Morgan fingerprint density at radius 3 is 2.48 bits per heavy atom. The van der Waals surface area contributed by atoms with Crippen molar-refractivity contribution in [1.82, 2.24) is 10.6 Å². The van der Waals surface area contributed by atoms with Crippen LogP contribution in [-0.4, -0.2) is 17.9 Å². The topological polar surface area (TPSA) is 58.2 Å². The number of halogens is 1. The van der Waals surface area contributed by atoms with E-state index in [1.54, 1.807) is 12.1 Å². The van der Waals surface area contributed by atoms with E-state index in [0.717, 1.165) is 24.8 Å². The first-order valence-corrected chi connectivity index (χ1v) is 7.39. The monoisotopic (exact) mass is 292 g/mol. The molecule has 0 saturated heterocycles. The molecule has 0 unspecified atom stereocenters. The molecular weight excluding hydrogens is 271 g/mol. The normalized spacial score (nSPS) is 21.6. The maximum atomic E-state index is 12.8. The highest BCUT2D eigenvalue weighted by Crippen LogP contribution is 2.23. The standard InChI is InChI=1S/C16H21FN2O2/c1-11-4-2-3-5-14(11)19-16(21)15(20)18-10-12-6-8-13(17)9-7-12/h6-9,11,14H,2-5,10H2,1H3,(H,18,20)(H,19,21)/t11-,14+/m0/s1. The Hall–Kier alpha value is -1.91. The van der Waals surface area contributed by atoms with Crippen LogP contribution in [0, 0.1) is 11.7 Å². The number of nitrogens with one attached hydrogen (secondary N) is 2. The summed E-state index contributed by atoms with van der Waals surface area (Å²) in [5.41, 5.74) is 0.753. The Kier molecular flexibility index (Phi) is 5.31. The molecule has 2 atom stereocenters. The number of hydrogen-bond acceptors (Lipinski definition) is 2. The molecule has 1 aromatic carbocycles. The lowest BCUT2D eigenvalue weighted by Crippen LogP contribution is -2.47. The van der Waals surface area contributed by atoms with Crippen molar-refractivity contribution in [2.75, 3.05) is 0 Å². The molecule has 21 heavy (non-hydrogen) atoms. The summed E-state index contributed by atoms with van der Waals surface area (Å²) in [6, 6.07) is 5.90. The Labute approximate surface area is 124 Å². The van der Waals surface area contributed by atoms with E-state index < -0.39 is 11.8 Å². The van der Waals surface area contributed by atoms with Crippen molar-refractivity contribution in [3.05, 3.63) is 35.6 Å². The molecular formula is C16H21FN2O2. The van der Waals surface area contributed by atoms with Gasteiger partial charge in [0.1, 0.15) is 5.82 Å². The lowest BCUT2D eigenvalue weighted by Gasteiger charge is -2.29. The average molecular weight is 292 g/mol. The largest absolute Gasteiger partial charge is 0.345 e. The third kappa shape index (κ3) is 4.55. The molecule has 0 spiro atoms. The summed E-state index contributed by atoms with van der Waals surface area (Å²) in [5.74, 6) is -1.14. The minimum absolute atomic E-state index is 0.0859. The molecule has 1 aliphatic rings. The van der Waals surface area contributed by atoms with Crippen LogP contribution in [0.5, 0.6) is 0 Å². The van der Waals surface area contributed by atoms with E-state index in [9.17, 15) is 14.0 Å². The second-order valence-electron chi connectivity index (χ2n) is 5.65. The summed E-state index contributed by atoms with van der Waals surface area (Å²) in [6.07, 6.45) is 4.29. The first-order valence-electron chi connectivity index (χ1n) is 7.39. The molecule has 4 nitrogen and oxygen atoms in total. The Balaban J connectivity index is 1.79. The van der Waals surface area contributed by atoms with Crippen LogP contribution in [-0.2, 0) is 16.1 Å². The smallest absolute Gasteiger partial charge is 0.309 e. The summed E-state index contributed by atoms with van der Waals surface area (Å²) < 4.78 is 12.8. The molecule has 0 aliphatic heterocycles. The fourth-order valence-electron chi connectivity index (χ4n) is 2.63.